The molecule has 4 heteroatoms. The van der Waals surface area contributed by atoms with Gasteiger partial charge >= 0.3 is 0 Å². The quantitative estimate of drug-likeness (QED) is 0.884. The van der Waals surface area contributed by atoms with Crippen molar-refractivity contribution in [2.24, 2.45) is 0 Å². The third-order valence-corrected chi connectivity index (χ3v) is 3.50. The highest BCUT2D eigenvalue weighted by Crippen LogP contribution is 2.17. The number of anilines is 1. The Kier molecular flexibility index (Phi) is 4.55. The van der Waals surface area contributed by atoms with Gasteiger partial charge in [0.15, 0.2) is 0 Å². The minimum absolute atomic E-state index is 0.191. The fourth-order valence-electron chi connectivity index (χ4n) is 2.27. The van der Waals surface area contributed by atoms with Crippen molar-refractivity contribution in [3.8, 4) is 0 Å². The van der Waals surface area contributed by atoms with Gasteiger partial charge in [-0.1, -0.05) is 6.92 Å². The van der Waals surface area contributed by atoms with E-state index < -0.39 is 0 Å². The zero-order chi connectivity index (χ0) is 13.0. The fraction of sp³-hybridized carbons (Fsp3) is 0.571. The van der Waals surface area contributed by atoms with Crippen molar-refractivity contribution in [2.75, 3.05) is 37.6 Å². The van der Waals surface area contributed by atoms with Crippen LogP contribution in [0.15, 0.2) is 24.3 Å². The molecule has 0 aliphatic carbocycles. The van der Waals surface area contributed by atoms with Crippen molar-refractivity contribution in [1.29, 1.82) is 0 Å². The van der Waals surface area contributed by atoms with Crippen LogP contribution in [-0.2, 0) is 0 Å². The van der Waals surface area contributed by atoms with E-state index in [4.69, 9.17) is 0 Å². The monoisotopic (exact) mass is 252 g/mol. The fourth-order valence-corrected chi connectivity index (χ4v) is 2.27. The Labute approximate surface area is 108 Å². The van der Waals surface area contributed by atoms with E-state index in [1.165, 1.54) is 12.1 Å². The van der Waals surface area contributed by atoms with Crippen molar-refractivity contribution in [2.45, 2.75) is 19.4 Å². The molecule has 0 spiro atoms. The predicted octanol–water partition coefficient (Wildman–Crippen LogP) is 1.72. The van der Waals surface area contributed by atoms with Crippen LogP contribution in [-0.4, -0.2) is 48.8 Å². The first-order chi connectivity index (χ1) is 8.69. The lowest BCUT2D eigenvalue weighted by Crippen LogP contribution is -2.48. The van der Waals surface area contributed by atoms with Crippen LogP contribution in [0.5, 0.6) is 0 Å². The van der Waals surface area contributed by atoms with Crippen LogP contribution in [0.3, 0.4) is 0 Å². The number of hydrogen-bond acceptors (Lipinski definition) is 3. The zero-order valence-corrected chi connectivity index (χ0v) is 10.8. The highest BCUT2D eigenvalue weighted by molar-refractivity contribution is 5.46. The van der Waals surface area contributed by atoms with Gasteiger partial charge in [-0.25, -0.2) is 4.39 Å². The van der Waals surface area contributed by atoms with Gasteiger partial charge in [0.1, 0.15) is 5.82 Å². The third kappa shape index (κ3) is 3.43. The summed E-state index contributed by atoms with van der Waals surface area (Å²) in [6.07, 6.45) is 0.584. The highest BCUT2D eigenvalue weighted by Gasteiger charge is 2.18. The molecule has 18 heavy (non-hydrogen) atoms. The maximum absolute atomic E-state index is 12.8. The predicted molar refractivity (Wildman–Crippen MR) is 71.4 cm³/mol. The molecule has 1 atom stereocenters. The second-order valence-electron chi connectivity index (χ2n) is 4.83. The summed E-state index contributed by atoms with van der Waals surface area (Å²) in [5.74, 6) is -0.191. The van der Waals surface area contributed by atoms with Crippen LogP contribution in [0, 0.1) is 5.82 Å². The molecule has 1 aromatic carbocycles. The number of halogens is 1. The van der Waals surface area contributed by atoms with Crippen LogP contribution < -0.4 is 4.90 Å². The summed E-state index contributed by atoms with van der Waals surface area (Å²) in [5.41, 5.74) is 1.08. The smallest absolute Gasteiger partial charge is 0.123 e. The van der Waals surface area contributed by atoms with Gasteiger partial charge < -0.3 is 10.0 Å². The second-order valence-corrected chi connectivity index (χ2v) is 4.83. The van der Waals surface area contributed by atoms with Gasteiger partial charge in [-0.15, -0.1) is 0 Å². The van der Waals surface area contributed by atoms with Gasteiger partial charge in [-0.05, 0) is 30.7 Å². The Morgan fingerprint density at radius 3 is 2.33 bits per heavy atom. The van der Waals surface area contributed by atoms with Crippen molar-refractivity contribution in [3.63, 3.8) is 0 Å². The van der Waals surface area contributed by atoms with Crippen LogP contribution in [0.4, 0.5) is 10.1 Å². The number of aliphatic hydroxyl groups excluding tert-OH is 1. The standard InChI is InChI=1S/C14H21FN2O/c1-2-14(18)11-16-7-9-17(10-8-16)13-5-3-12(15)4-6-13/h3-6,14,18H,2,7-11H2,1H3. The molecule has 0 radical (unpaired) electrons. The number of aliphatic hydroxyl groups is 1. The molecule has 1 N–H and O–H groups in total. The van der Waals surface area contributed by atoms with Crippen molar-refractivity contribution in [3.05, 3.63) is 30.1 Å². The number of rotatable bonds is 4. The van der Waals surface area contributed by atoms with Gasteiger partial charge in [-0.2, -0.15) is 0 Å². The van der Waals surface area contributed by atoms with E-state index in [-0.39, 0.29) is 11.9 Å². The largest absolute Gasteiger partial charge is 0.392 e. The summed E-state index contributed by atoms with van der Waals surface area (Å²) in [5, 5.41) is 9.63. The van der Waals surface area contributed by atoms with Crippen molar-refractivity contribution in [1.82, 2.24) is 4.90 Å². The molecule has 0 saturated carbocycles. The van der Waals surface area contributed by atoms with Gasteiger partial charge in [0.2, 0.25) is 0 Å². The molecule has 1 aliphatic heterocycles. The Balaban J connectivity index is 1.84. The lowest BCUT2D eigenvalue weighted by atomic mass is 10.2. The van der Waals surface area contributed by atoms with Gasteiger partial charge in [-0.3, -0.25) is 4.90 Å². The van der Waals surface area contributed by atoms with E-state index in [2.05, 4.69) is 9.80 Å². The molecule has 1 aromatic rings. The van der Waals surface area contributed by atoms with Gasteiger partial charge in [0, 0.05) is 38.4 Å². The van der Waals surface area contributed by atoms with Crippen molar-refractivity contribution >= 4 is 5.69 Å². The van der Waals surface area contributed by atoms with Crippen LogP contribution in [0.25, 0.3) is 0 Å². The number of piperazine rings is 1. The summed E-state index contributed by atoms with van der Waals surface area (Å²) in [6.45, 7) is 6.53. The van der Waals surface area contributed by atoms with E-state index in [1.807, 2.05) is 19.1 Å². The molecule has 1 saturated heterocycles. The summed E-state index contributed by atoms with van der Waals surface area (Å²) >= 11 is 0. The minimum atomic E-state index is -0.220. The summed E-state index contributed by atoms with van der Waals surface area (Å²) in [4.78, 5) is 4.54. The normalized spacial score (nSPS) is 18.9. The third-order valence-electron chi connectivity index (χ3n) is 3.50. The Hall–Kier alpha value is -1.13. The number of β-amino-alcohol motifs (C(OH)–C–C–N with tert-alkyl or cyclic N) is 1. The molecule has 1 aliphatic rings. The van der Waals surface area contributed by atoms with E-state index in [1.54, 1.807) is 0 Å². The van der Waals surface area contributed by atoms with Crippen molar-refractivity contribution < 1.29 is 9.50 Å². The van der Waals surface area contributed by atoms with Crippen LogP contribution >= 0.6 is 0 Å². The Bertz CT molecular complexity index is 361. The molecule has 1 unspecified atom stereocenters. The first kappa shape index (κ1) is 13.3. The van der Waals surface area contributed by atoms with Gasteiger partial charge in [0.05, 0.1) is 6.10 Å². The number of nitrogens with zero attached hydrogens (tertiary/aromatic N) is 2. The maximum atomic E-state index is 12.8. The molecule has 0 bridgehead atoms. The molecule has 0 amide bonds. The lowest BCUT2D eigenvalue weighted by molar-refractivity contribution is 0.106. The maximum Gasteiger partial charge on any atom is 0.123 e. The Morgan fingerprint density at radius 1 is 1.17 bits per heavy atom. The topological polar surface area (TPSA) is 26.7 Å². The molecule has 3 nitrogen and oxygen atoms in total. The first-order valence-corrected chi connectivity index (χ1v) is 6.60. The number of hydrogen-bond donors (Lipinski definition) is 1. The van der Waals surface area contributed by atoms with E-state index in [0.29, 0.717) is 0 Å². The zero-order valence-electron chi connectivity index (χ0n) is 10.8. The average molecular weight is 252 g/mol. The summed E-state index contributed by atoms with van der Waals surface area (Å²) in [6, 6.07) is 6.66. The SMILES string of the molecule is CCC(O)CN1CCN(c2ccc(F)cc2)CC1. The summed E-state index contributed by atoms with van der Waals surface area (Å²) < 4.78 is 12.8. The second kappa shape index (κ2) is 6.16. The molecule has 0 aromatic heterocycles. The van der Waals surface area contributed by atoms with Crippen LogP contribution in [0.2, 0.25) is 0 Å². The highest BCUT2D eigenvalue weighted by atomic mass is 19.1. The number of benzene rings is 1. The molecule has 1 heterocycles. The van der Waals surface area contributed by atoms with E-state index >= 15 is 0 Å². The van der Waals surface area contributed by atoms with E-state index in [9.17, 15) is 9.50 Å². The lowest BCUT2D eigenvalue weighted by Gasteiger charge is -2.36. The average Bonchev–Trinajstić information content (AvgIpc) is 2.40. The first-order valence-electron chi connectivity index (χ1n) is 6.60. The molecular weight excluding hydrogens is 231 g/mol. The molecule has 2 rings (SSSR count). The Morgan fingerprint density at radius 2 is 1.78 bits per heavy atom. The van der Waals surface area contributed by atoms with E-state index in [0.717, 1.165) is 44.8 Å². The summed E-state index contributed by atoms with van der Waals surface area (Å²) in [7, 11) is 0. The van der Waals surface area contributed by atoms with Gasteiger partial charge in [0.25, 0.3) is 0 Å². The molecule has 100 valence electrons. The van der Waals surface area contributed by atoms with Crippen LogP contribution in [0.1, 0.15) is 13.3 Å². The minimum Gasteiger partial charge on any atom is -0.392 e. The molecule has 1 fully saturated rings. The molecular formula is C14H21FN2O.